The number of halogens is 2. The zero-order valence-electron chi connectivity index (χ0n) is 13.5. The molecule has 1 aliphatic rings. The van der Waals surface area contributed by atoms with Crippen LogP contribution in [0.5, 0.6) is 0 Å². The van der Waals surface area contributed by atoms with Crippen molar-refractivity contribution in [3.05, 3.63) is 70.0 Å². The second kappa shape index (κ2) is 7.33. The molecule has 0 aromatic heterocycles. The molecule has 0 bridgehead atoms. The minimum absolute atomic E-state index is 0.0194. The first kappa shape index (κ1) is 17.6. The Balaban J connectivity index is 1.70. The van der Waals surface area contributed by atoms with Crippen LogP contribution in [-0.4, -0.2) is 18.2 Å². The fourth-order valence-electron chi connectivity index (χ4n) is 3.23. The van der Waals surface area contributed by atoms with Gasteiger partial charge in [0.25, 0.3) is 5.91 Å². The molecule has 0 unspecified atom stereocenters. The van der Waals surface area contributed by atoms with Crippen LogP contribution in [0.4, 0.5) is 4.39 Å². The minimum Gasteiger partial charge on any atom is -0.342 e. The second-order valence-electron chi connectivity index (χ2n) is 6.20. The molecule has 0 fully saturated rings. The van der Waals surface area contributed by atoms with E-state index >= 15 is 0 Å². The zero-order chi connectivity index (χ0) is 18.0. The highest BCUT2D eigenvalue weighted by Gasteiger charge is 2.33. The number of hydrogen-bond donors (Lipinski definition) is 2. The van der Waals surface area contributed by atoms with Crippen LogP contribution in [0.2, 0.25) is 5.02 Å². The molecular weight excluding hydrogens is 343 g/mol. The van der Waals surface area contributed by atoms with E-state index in [1.54, 1.807) is 0 Å². The quantitative estimate of drug-likeness (QED) is 0.805. The lowest BCUT2D eigenvalue weighted by atomic mass is 10.00. The SMILES string of the molecule is NC[C@H]1Cc2ccccc2[C@@H]1NC(=O)C(=O)Cc1ccc(Cl)c(F)c1. The Kier molecular flexibility index (Phi) is 5.16. The van der Waals surface area contributed by atoms with Gasteiger partial charge in [-0.15, -0.1) is 0 Å². The van der Waals surface area contributed by atoms with E-state index in [-0.39, 0.29) is 23.4 Å². The maximum absolute atomic E-state index is 13.5. The van der Waals surface area contributed by atoms with Crippen molar-refractivity contribution in [2.24, 2.45) is 11.7 Å². The number of carbonyl (C=O) groups excluding carboxylic acids is 2. The maximum atomic E-state index is 13.5. The minimum atomic E-state index is -0.685. The highest BCUT2D eigenvalue weighted by molar-refractivity contribution is 6.36. The Hall–Kier alpha value is -2.24. The smallest absolute Gasteiger partial charge is 0.288 e. The lowest BCUT2D eigenvalue weighted by molar-refractivity contribution is -0.138. The van der Waals surface area contributed by atoms with E-state index in [4.69, 9.17) is 17.3 Å². The Bertz CT molecular complexity index is 825. The molecule has 130 valence electrons. The first-order valence-corrected chi connectivity index (χ1v) is 8.43. The summed E-state index contributed by atoms with van der Waals surface area (Å²) in [5.74, 6) is -1.86. The summed E-state index contributed by atoms with van der Waals surface area (Å²) in [6.07, 6.45) is 0.593. The number of nitrogens with two attached hydrogens (primary N) is 1. The van der Waals surface area contributed by atoms with Crippen molar-refractivity contribution in [2.45, 2.75) is 18.9 Å². The Morgan fingerprint density at radius 2 is 2.00 bits per heavy atom. The van der Waals surface area contributed by atoms with Crippen molar-refractivity contribution in [1.29, 1.82) is 0 Å². The molecule has 0 radical (unpaired) electrons. The van der Waals surface area contributed by atoms with Crippen LogP contribution in [0.3, 0.4) is 0 Å². The van der Waals surface area contributed by atoms with Crippen LogP contribution in [0.15, 0.2) is 42.5 Å². The number of amides is 1. The summed E-state index contributed by atoms with van der Waals surface area (Å²) in [6.45, 7) is 0.413. The molecule has 0 aliphatic heterocycles. The molecule has 0 heterocycles. The number of Topliss-reactive ketones (excluding diaryl/α,β-unsaturated/α-hetero) is 1. The van der Waals surface area contributed by atoms with Gasteiger partial charge in [0.1, 0.15) is 5.82 Å². The number of fused-ring (bicyclic) bond motifs is 1. The maximum Gasteiger partial charge on any atom is 0.288 e. The lowest BCUT2D eigenvalue weighted by Crippen LogP contribution is -2.38. The number of nitrogens with one attached hydrogen (secondary N) is 1. The summed E-state index contributed by atoms with van der Waals surface area (Å²) >= 11 is 5.62. The Morgan fingerprint density at radius 3 is 2.72 bits per heavy atom. The van der Waals surface area contributed by atoms with Crippen molar-refractivity contribution < 1.29 is 14.0 Å². The number of rotatable bonds is 5. The fraction of sp³-hybridized carbons (Fsp3) is 0.263. The average molecular weight is 361 g/mol. The van der Waals surface area contributed by atoms with Gasteiger partial charge in [0.05, 0.1) is 11.1 Å². The third-order valence-electron chi connectivity index (χ3n) is 4.53. The van der Waals surface area contributed by atoms with Gasteiger partial charge < -0.3 is 11.1 Å². The number of hydrogen-bond acceptors (Lipinski definition) is 3. The molecule has 1 aliphatic carbocycles. The first-order valence-electron chi connectivity index (χ1n) is 8.05. The van der Waals surface area contributed by atoms with E-state index in [0.717, 1.165) is 17.5 Å². The van der Waals surface area contributed by atoms with Crippen LogP contribution in [0.1, 0.15) is 22.7 Å². The molecule has 4 nitrogen and oxygen atoms in total. The summed E-state index contributed by atoms with van der Waals surface area (Å²) in [4.78, 5) is 24.5. The standard InChI is InChI=1S/C19H18ClFN2O2/c20-15-6-5-11(7-16(15)21)8-17(24)19(25)23-18-13(10-22)9-12-3-1-2-4-14(12)18/h1-7,13,18H,8-10,22H2,(H,23,25)/t13-,18-/m1/s1. The van der Waals surface area contributed by atoms with E-state index in [2.05, 4.69) is 5.32 Å². The van der Waals surface area contributed by atoms with E-state index < -0.39 is 17.5 Å². The number of carbonyl (C=O) groups is 2. The molecule has 3 N–H and O–H groups in total. The summed E-state index contributed by atoms with van der Waals surface area (Å²) in [6, 6.07) is 11.6. The molecular formula is C19H18ClFN2O2. The topological polar surface area (TPSA) is 72.2 Å². The fourth-order valence-corrected chi connectivity index (χ4v) is 3.35. The third kappa shape index (κ3) is 3.72. The summed E-state index contributed by atoms with van der Waals surface area (Å²) in [7, 11) is 0. The average Bonchev–Trinajstić information content (AvgIpc) is 2.96. The van der Waals surface area contributed by atoms with Gasteiger partial charge in [-0.2, -0.15) is 0 Å². The van der Waals surface area contributed by atoms with E-state index in [1.807, 2.05) is 24.3 Å². The largest absolute Gasteiger partial charge is 0.342 e. The highest BCUT2D eigenvalue weighted by Crippen LogP contribution is 2.35. The lowest BCUT2D eigenvalue weighted by Gasteiger charge is -2.20. The Labute approximate surface area is 150 Å². The number of ketones is 1. The normalized spacial score (nSPS) is 18.7. The van der Waals surface area contributed by atoms with Crippen molar-refractivity contribution in [3.8, 4) is 0 Å². The predicted molar refractivity (Wildman–Crippen MR) is 93.7 cm³/mol. The molecule has 0 saturated heterocycles. The molecule has 1 amide bonds. The monoisotopic (exact) mass is 360 g/mol. The summed E-state index contributed by atoms with van der Waals surface area (Å²) in [5.41, 5.74) is 8.36. The van der Waals surface area contributed by atoms with Crippen molar-refractivity contribution in [3.63, 3.8) is 0 Å². The molecule has 3 rings (SSSR count). The zero-order valence-corrected chi connectivity index (χ0v) is 14.2. The molecule has 25 heavy (non-hydrogen) atoms. The van der Waals surface area contributed by atoms with Gasteiger partial charge in [0.2, 0.25) is 5.78 Å². The number of benzene rings is 2. The van der Waals surface area contributed by atoms with Gasteiger partial charge in [-0.3, -0.25) is 9.59 Å². The molecule has 2 aromatic rings. The van der Waals surface area contributed by atoms with Gasteiger partial charge >= 0.3 is 0 Å². The van der Waals surface area contributed by atoms with Gasteiger partial charge in [0.15, 0.2) is 0 Å². The van der Waals surface area contributed by atoms with Gasteiger partial charge in [-0.1, -0.05) is 41.9 Å². The summed E-state index contributed by atoms with van der Waals surface area (Å²) < 4.78 is 13.5. The van der Waals surface area contributed by atoms with Crippen LogP contribution >= 0.6 is 11.6 Å². The third-order valence-corrected chi connectivity index (χ3v) is 4.84. The van der Waals surface area contributed by atoms with Crippen molar-refractivity contribution >= 4 is 23.3 Å². The van der Waals surface area contributed by atoms with Crippen LogP contribution in [0.25, 0.3) is 0 Å². The van der Waals surface area contributed by atoms with Gasteiger partial charge in [-0.05, 0) is 47.7 Å². The molecule has 0 spiro atoms. The Morgan fingerprint density at radius 1 is 1.24 bits per heavy atom. The second-order valence-corrected chi connectivity index (χ2v) is 6.61. The molecule has 2 aromatic carbocycles. The van der Waals surface area contributed by atoms with Crippen LogP contribution < -0.4 is 11.1 Å². The highest BCUT2D eigenvalue weighted by atomic mass is 35.5. The van der Waals surface area contributed by atoms with Crippen molar-refractivity contribution in [2.75, 3.05) is 6.54 Å². The molecule has 6 heteroatoms. The van der Waals surface area contributed by atoms with E-state index in [0.29, 0.717) is 12.1 Å². The van der Waals surface area contributed by atoms with Gasteiger partial charge in [0, 0.05) is 6.42 Å². The van der Waals surface area contributed by atoms with E-state index in [9.17, 15) is 14.0 Å². The van der Waals surface area contributed by atoms with Crippen LogP contribution in [-0.2, 0) is 22.4 Å². The van der Waals surface area contributed by atoms with Crippen LogP contribution in [0, 0.1) is 11.7 Å². The predicted octanol–water partition coefficient (Wildman–Crippen LogP) is 2.58. The molecule has 2 atom stereocenters. The van der Waals surface area contributed by atoms with Gasteiger partial charge in [-0.25, -0.2) is 4.39 Å². The van der Waals surface area contributed by atoms with E-state index in [1.165, 1.54) is 18.2 Å². The summed E-state index contributed by atoms with van der Waals surface area (Å²) in [5, 5.41) is 2.77. The first-order chi connectivity index (χ1) is 12.0. The molecule has 0 saturated carbocycles. The van der Waals surface area contributed by atoms with Crippen molar-refractivity contribution in [1.82, 2.24) is 5.32 Å².